The van der Waals surface area contributed by atoms with Crippen LogP contribution < -0.4 is 36.9 Å². The molecular formula is C47H53F3N8O6. The van der Waals surface area contributed by atoms with Crippen molar-refractivity contribution in [3.63, 3.8) is 0 Å². The minimum atomic E-state index is -4.73. The zero-order valence-corrected chi connectivity index (χ0v) is 35.9. The molecule has 0 saturated carbocycles. The van der Waals surface area contributed by atoms with Gasteiger partial charge in [-0.1, -0.05) is 61.9 Å². The fourth-order valence-electron chi connectivity index (χ4n) is 7.33. The van der Waals surface area contributed by atoms with Crippen LogP contribution in [0.5, 0.6) is 11.5 Å². The standard InChI is InChI=1S/C47H53F3N8O6/c1-4-5-6-29-7-10-31(11-8-29)32-12-14-33(15-13-32)45(61)54-27-41(59)58(3)42-34-16-18-39(64-22-20-52)36(25-34)35-23-30(9-17-38(35)63-21-19-51)24-37(56-44(60)28(2)55-46(42)62)43-53-26-40(57-43)47(48,49)50/h7-18,23,25-26,28,37,42H,4-6,19-22,24,27,51-52H2,1-3H3,(H,53,57)(H,54,61)(H,55,62)(H,56,60)/t28-,37?,42?/m0/s1. The van der Waals surface area contributed by atoms with Crippen molar-refractivity contribution in [1.29, 1.82) is 0 Å². The fourth-order valence-corrected chi connectivity index (χ4v) is 7.33. The SMILES string of the molecule is CCCCc1ccc(-c2ccc(C(=O)NCC(=O)N(C)C3C(=O)N[C@@H](C)C(=O)NC(c4ncc(C(F)(F)F)[nH]4)Cc4ccc(OCCN)c(c4)-c4cc3ccc4OCCN)cc2)cc1. The van der Waals surface area contributed by atoms with Crippen LogP contribution in [0, 0.1) is 0 Å². The lowest BCUT2D eigenvalue weighted by Gasteiger charge is -2.30. The molecule has 338 valence electrons. The second-order valence-corrected chi connectivity index (χ2v) is 15.5. The number of likely N-dealkylation sites (N-methyl/N-ethyl adjacent to an activating group) is 1. The van der Waals surface area contributed by atoms with Gasteiger partial charge in [-0.15, -0.1) is 0 Å². The van der Waals surface area contributed by atoms with Crippen molar-refractivity contribution in [3.05, 3.63) is 125 Å². The van der Waals surface area contributed by atoms with Crippen molar-refractivity contribution in [2.24, 2.45) is 11.5 Å². The highest BCUT2D eigenvalue weighted by Gasteiger charge is 2.36. The molecule has 0 radical (unpaired) electrons. The topological polar surface area (TPSA) is 207 Å². The van der Waals surface area contributed by atoms with E-state index in [9.17, 15) is 32.3 Å². The maximum atomic E-state index is 14.4. The third-order valence-corrected chi connectivity index (χ3v) is 10.8. The second kappa shape index (κ2) is 21.1. The van der Waals surface area contributed by atoms with Crippen LogP contribution in [-0.4, -0.2) is 84.4 Å². The number of benzene rings is 4. The molecule has 4 aromatic carbocycles. The molecular weight excluding hydrogens is 830 g/mol. The number of imidazole rings is 1. The molecule has 1 aromatic heterocycles. The maximum Gasteiger partial charge on any atom is 0.432 e. The summed E-state index contributed by atoms with van der Waals surface area (Å²) in [6.45, 7) is 3.67. The van der Waals surface area contributed by atoms with Crippen LogP contribution in [0.15, 0.2) is 91.1 Å². The van der Waals surface area contributed by atoms with Crippen molar-refractivity contribution in [1.82, 2.24) is 30.8 Å². The number of ether oxygens (including phenoxy) is 2. The zero-order valence-electron chi connectivity index (χ0n) is 35.9. The number of aromatic nitrogens is 2. The molecule has 2 unspecified atom stereocenters. The Morgan fingerprint density at radius 1 is 0.859 bits per heavy atom. The van der Waals surface area contributed by atoms with Crippen LogP contribution in [-0.2, 0) is 33.4 Å². The number of aryl methyl sites for hydroxylation is 1. The number of hydrogen-bond acceptors (Lipinski definition) is 9. The number of unbranched alkanes of at least 4 members (excludes halogenated alkanes) is 1. The summed E-state index contributed by atoms with van der Waals surface area (Å²) in [6, 6.07) is 21.6. The monoisotopic (exact) mass is 882 g/mol. The summed E-state index contributed by atoms with van der Waals surface area (Å²) in [5.74, 6) is -2.09. The van der Waals surface area contributed by atoms with Crippen molar-refractivity contribution in [2.75, 3.05) is 39.9 Å². The van der Waals surface area contributed by atoms with E-state index in [1.54, 1.807) is 48.5 Å². The van der Waals surface area contributed by atoms with E-state index in [-0.39, 0.29) is 38.5 Å². The minimum Gasteiger partial charge on any atom is -0.492 e. The molecule has 1 aliphatic heterocycles. The quantitative estimate of drug-likeness (QED) is 0.0770. The van der Waals surface area contributed by atoms with E-state index < -0.39 is 60.2 Å². The number of nitrogens with one attached hydrogen (secondary N) is 4. The average Bonchev–Trinajstić information content (AvgIpc) is 3.80. The highest BCUT2D eigenvalue weighted by molar-refractivity contribution is 5.98. The number of rotatable bonds is 15. The van der Waals surface area contributed by atoms with Gasteiger partial charge < -0.3 is 46.8 Å². The summed E-state index contributed by atoms with van der Waals surface area (Å²) in [7, 11) is 1.40. The van der Waals surface area contributed by atoms with Gasteiger partial charge in [0.1, 0.15) is 48.3 Å². The fraction of sp³-hybridized carbons (Fsp3) is 0.340. The third kappa shape index (κ3) is 11.4. The van der Waals surface area contributed by atoms with E-state index in [0.717, 1.165) is 35.3 Å². The lowest BCUT2D eigenvalue weighted by atomic mass is 9.93. The summed E-state index contributed by atoms with van der Waals surface area (Å²) >= 11 is 0. The molecule has 0 aliphatic carbocycles. The predicted octanol–water partition coefficient (Wildman–Crippen LogP) is 5.63. The van der Waals surface area contributed by atoms with Gasteiger partial charge >= 0.3 is 6.18 Å². The smallest absolute Gasteiger partial charge is 0.432 e. The summed E-state index contributed by atoms with van der Waals surface area (Å²) < 4.78 is 53.1. The van der Waals surface area contributed by atoms with Gasteiger partial charge in [0.05, 0.1) is 18.8 Å². The number of carbonyl (C=O) groups excluding carboxylic acids is 4. The Kier molecular flexibility index (Phi) is 15.4. The Morgan fingerprint density at radius 2 is 1.48 bits per heavy atom. The van der Waals surface area contributed by atoms with Crippen LogP contribution in [0.2, 0.25) is 0 Å². The number of nitrogens with zero attached hydrogens (tertiary/aromatic N) is 2. The normalized spacial score (nSPS) is 16.5. The Bertz CT molecular complexity index is 2420. The molecule has 0 spiro atoms. The van der Waals surface area contributed by atoms with E-state index in [1.807, 2.05) is 24.3 Å². The van der Waals surface area contributed by atoms with Crippen molar-refractivity contribution in [2.45, 2.75) is 63.8 Å². The lowest BCUT2D eigenvalue weighted by Crippen LogP contribution is -2.51. The van der Waals surface area contributed by atoms with Crippen molar-refractivity contribution in [3.8, 4) is 33.8 Å². The Morgan fingerprint density at radius 3 is 2.09 bits per heavy atom. The number of alkyl halides is 3. The van der Waals surface area contributed by atoms with Gasteiger partial charge in [-0.05, 0) is 90.4 Å². The number of halogens is 3. The third-order valence-electron chi connectivity index (χ3n) is 10.8. The van der Waals surface area contributed by atoms with Crippen LogP contribution in [0.3, 0.4) is 0 Å². The second-order valence-electron chi connectivity index (χ2n) is 15.5. The first-order valence-corrected chi connectivity index (χ1v) is 21.1. The minimum absolute atomic E-state index is 0.0250. The first-order chi connectivity index (χ1) is 30.7. The van der Waals surface area contributed by atoms with Crippen molar-refractivity contribution >= 4 is 23.6 Å². The Balaban J connectivity index is 1.32. The lowest BCUT2D eigenvalue weighted by molar-refractivity contribution is -0.141. The molecule has 3 atom stereocenters. The van der Waals surface area contributed by atoms with E-state index in [0.29, 0.717) is 45.5 Å². The molecule has 4 bridgehead atoms. The van der Waals surface area contributed by atoms with Gasteiger partial charge in [-0.3, -0.25) is 19.2 Å². The van der Waals surface area contributed by atoms with E-state index in [2.05, 4.69) is 45.0 Å². The van der Waals surface area contributed by atoms with Gasteiger partial charge in [-0.2, -0.15) is 13.2 Å². The molecule has 5 aromatic rings. The van der Waals surface area contributed by atoms with Gasteiger partial charge in [0.15, 0.2) is 0 Å². The summed E-state index contributed by atoms with van der Waals surface area (Å²) in [4.78, 5) is 62.8. The van der Waals surface area contributed by atoms with Crippen molar-refractivity contribution < 1.29 is 41.8 Å². The summed E-state index contributed by atoms with van der Waals surface area (Å²) in [6.07, 6.45) is -0.872. The molecule has 17 heteroatoms. The first kappa shape index (κ1) is 46.8. The molecule has 64 heavy (non-hydrogen) atoms. The number of H-pyrrole nitrogens is 1. The molecule has 2 heterocycles. The molecule has 4 amide bonds. The van der Waals surface area contributed by atoms with Crippen LogP contribution >= 0.6 is 0 Å². The molecule has 6 rings (SSSR count). The largest absolute Gasteiger partial charge is 0.492 e. The van der Waals surface area contributed by atoms with Crippen LogP contribution in [0.4, 0.5) is 13.2 Å². The highest BCUT2D eigenvalue weighted by Crippen LogP contribution is 2.40. The van der Waals surface area contributed by atoms with E-state index in [4.69, 9.17) is 20.9 Å². The molecule has 14 nitrogen and oxygen atoms in total. The Labute approximate surface area is 369 Å². The summed E-state index contributed by atoms with van der Waals surface area (Å²) in [5, 5.41) is 8.06. The van der Waals surface area contributed by atoms with E-state index >= 15 is 0 Å². The number of amides is 4. The predicted molar refractivity (Wildman–Crippen MR) is 235 cm³/mol. The number of aromatic amines is 1. The van der Waals surface area contributed by atoms with Gasteiger partial charge in [0.2, 0.25) is 17.7 Å². The molecule has 0 fully saturated rings. The van der Waals surface area contributed by atoms with Crippen LogP contribution in [0.1, 0.15) is 77.3 Å². The van der Waals surface area contributed by atoms with Gasteiger partial charge in [-0.25, -0.2) is 4.98 Å². The first-order valence-electron chi connectivity index (χ1n) is 21.1. The molecule has 1 aliphatic rings. The van der Waals surface area contributed by atoms with Gasteiger partial charge in [0, 0.05) is 36.8 Å². The zero-order chi connectivity index (χ0) is 46.0. The summed E-state index contributed by atoms with van der Waals surface area (Å²) in [5.41, 5.74) is 15.8. The number of carbonyl (C=O) groups is 4. The number of hydrogen-bond donors (Lipinski definition) is 6. The van der Waals surface area contributed by atoms with E-state index in [1.165, 1.54) is 19.5 Å². The Hall–Kier alpha value is -6.72. The van der Waals surface area contributed by atoms with Gasteiger partial charge in [0.25, 0.3) is 5.91 Å². The molecule has 0 saturated heterocycles. The average molecular weight is 883 g/mol. The maximum absolute atomic E-state index is 14.4. The highest BCUT2D eigenvalue weighted by atomic mass is 19.4. The molecule has 8 N–H and O–H groups in total. The van der Waals surface area contributed by atoms with Crippen LogP contribution in [0.25, 0.3) is 22.3 Å². The number of nitrogens with two attached hydrogens (primary N) is 2. The number of fused-ring (bicyclic) bond motifs is 5.